The number of fused-ring (bicyclic) bond motifs is 1. The van der Waals surface area contributed by atoms with Crippen molar-refractivity contribution < 1.29 is 9.84 Å². The Balaban J connectivity index is 1.51. The summed E-state index contributed by atoms with van der Waals surface area (Å²) in [6.07, 6.45) is 9.86. The molecular formula is C25H29ClN4O2. The fourth-order valence-corrected chi connectivity index (χ4v) is 5.03. The van der Waals surface area contributed by atoms with Crippen LogP contribution in [0.3, 0.4) is 0 Å². The Kier molecular flexibility index (Phi) is 6.53. The lowest BCUT2D eigenvalue weighted by atomic mass is 9.82. The molecular weight excluding hydrogens is 424 g/mol. The molecule has 0 unspecified atom stereocenters. The molecule has 32 heavy (non-hydrogen) atoms. The number of nitrogens with one attached hydrogen (secondary N) is 1. The zero-order valence-corrected chi connectivity index (χ0v) is 18.9. The minimum atomic E-state index is -0.194. The molecule has 2 aliphatic rings. The van der Waals surface area contributed by atoms with Crippen LogP contribution < -0.4 is 10.1 Å². The third kappa shape index (κ3) is 4.87. The number of benzene rings is 1. The van der Waals surface area contributed by atoms with Crippen LogP contribution in [0.15, 0.2) is 36.7 Å². The second-order valence-electron chi connectivity index (χ2n) is 8.95. The van der Waals surface area contributed by atoms with Gasteiger partial charge in [0.25, 0.3) is 0 Å². The number of rotatable bonds is 5. The van der Waals surface area contributed by atoms with Gasteiger partial charge in [0.1, 0.15) is 11.9 Å². The zero-order chi connectivity index (χ0) is 21.9. The molecule has 0 atom stereocenters. The van der Waals surface area contributed by atoms with Crippen molar-refractivity contribution in [1.82, 2.24) is 20.3 Å². The average Bonchev–Trinajstić information content (AvgIpc) is 2.81. The highest BCUT2D eigenvalue weighted by Crippen LogP contribution is 2.37. The van der Waals surface area contributed by atoms with Crippen molar-refractivity contribution in [2.45, 2.75) is 63.1 Å². The quantitative estimate of drug-likeness (QED) is 0.596. The topological polar surface area (TPSA) is 80.2 Å². The highest BCUT2D eigenvalue weighted by atomic mass is 35.5. The molecule has 2 fully saturated rings. The highest BCUT2D eigenvalue weighted by Gasteiger charge is 2.25. The molecule has 1 saturated carbocycles. The van der Waals surface area contributed by atoms with Crippen molar-refractivity contribution in [3.63, 3.8) is 0 Å². The van der Waals surface area contributed by atoms with Gasteiger partial charge in [-0.05, 0) is 75.2 Å². The van der Waals surface area contributed by atoms with Crippen molar-refractivity contribution in [2.24, 2.45) is 0 Å². The molecule has 0 spiro atoms. The van der Waals surface area contributed by atoms with Crippen LogP contribution in [0.25, 0.3) is 10.9 Å². The fraction of sp³-hybridized carbons (Fsp3) is 0.480. The molecule has 2 aromatic heterocycles. The van der Waals surface area contributed by atoms with Crippen LogP contribution in [-0.4, -0.2) is 45.4 Å². The van der Waals surface area contributed by atoms with E-state index in [1.807, 2.05) is 36.7 Å². The molecule has 1 aromatic carbocycles. The van der Waals surface area contributed by atoms with Gasteiger partial charge in [0.15, 0.2) is 0 Å². The maximum Gasteiger partial charge on any atom is 0.224 e. The summed E-state index contributed by atoms with van der Waals surface area (Å²) in [5.41, 5.74) is 3.15. The minimum absolute atomic E-state index is 0.161. The standard InChI is InChI=1S/C25H29ClN4O2/c26-18-3-1-2-16(12-18)13-23-28-15-22-24(30-23)21(17-4-6-19(31)7-5-17)14-29-25(22)32-20-8-10-27-11-9-20/h1-3,12,14-15,17,19-20,27,31H,4-11,13H2. The van der Waals surface area contributed by atoms with E-state index < -0.39 is 0 Å². The first kappa shape index (κ1) is 21.6. The number of aliphatic hydroxyl groups excluding tert-OH is 1. The van der Waals surface area contributed by atoms with Crippen molar-refractivity contribution >= 4 is 22.5 Å². The Morgan fingerprint density at radius 3 is 2.62 bits per heavy atom. The number of ether oxygens (including phenoxy) is 1. The third-order valence-corrected chi connectivity index (χ3v) is 6.85. The smallest absolute Gasteiger partial charge is 0.224 e. The lowest BCUT2D eigenvalue weighted by Gasteiger charge is -2.27. The second kappa shape index (κ2) is 9.69. The van der Waals surface area contributed by atoms with Crippen LogP contribution >= 0.6 is 11.6 Å². The first-order valence-electron chi connectivity index (χ1n) is 11.6. The van der Waals surface area contributed by atoms with Gasteiger partial charge in [0.2, 0.25) is 5.88 Å². The van der Waals surface area contributed by atoms with Crippen LogP contribution in [0.4, 0.5) is 0 Å². The van der Waals surface area contributed by atoms with Crippen molar-refractivity contribution in [2.75, 3.05) is 13.1 Å². The molecule has 2 N–H and O–H groups in total. The predicted molar refractivity (Wildman–Crippen MR) is 125 cm³/mol. The van der Waals surface area contributed by atoms with Crippen molar-refractivity contribution in [3.05, 3.63) is 58.6 Å². The summed E-state index contributed by atoms with van der Waals surface area (Å²) in [6, 6.07) is 7.82. The number of aliphatic hydroxyl groups is 1. The van der Waals surface area contributed by atoms with Crippen LogP contribution in [0.5, 0.6) is 5.88 Å². The SMILES string of the molecule is OC1CCC(c2cnc(OC3CCNCC3)c3cnc(Cc4cccc(Cl)c4)nc23)CC1. The first-order chi connectivity index (χ1) is 15.7. The van der Waals surface area contributed by atoms with Gasteiger partial charge >= 0.3 is 0 Å². The second-order valence-corrected chi connectivity index (χ2v) is 9.38. The number of halogens is 1. The molecule has 0 radical (unpaired) electrons. The summed E-state index contributed by atoms with van der Waals surface area (Å²) < 4.78 is 6.31. The number of aromatic nitrogens is 3. The Bertz CT molecular complexity index is 1080. The monoisotopic (exact) mass is 452 g/mol. The molecule has 0 bridgehead atoms. The lowest BCUT2D eigenvalue weighted by Crippen LogP contribution is -2.34. The van der Waals surface area contributed by atoms with Gasteiger partial charge in [0, 0.05) is 29.4 Å². The van der Waals surface area contributed by atoms with Gasteiger partial charge in [-0.15, -0.1) is 0 Å². The summed E-state index contributed by atoms with van der Waals surface area (Å²) in [5.74, 6) is 1.73. The molecule has 7 heteroatoms. The number of piperidine rings is 1. The van der Waals surface area contributed by atoms with E-state index in [-0.39, 0.29) is 12.2 Å². The van der Waals surface area contributed by atoms with Gasteiger partial charge in [-0.25, -0.2) is 15.0 Å². The Labute approximate surface area is 193 Å². The first-order valence-corrected chi connectivity index (χ1v) is 12.0. The largest absolute Gasteiger partial charge is 0.474 e. The van der Waals surface area contributed by atoms with Crippen molar-refractivity contribution in [3.8, 4) is 5.88 Å². The Morgan fingerprint density at radius 1 is 1.03 bits per heavy atom. The van der Waals surface area contributed by atoms with E-state index in [0.29, 0.717) is 23.2 Å². The van der Waals surface area contributed by atoms with E-state index in [4.69, 9.17) is 26.3 Å². The summed E-state index contributed by atoms with van der Waals surface area (Å²) in [5, 5.41) is 14.9. The van der Waals surface area contributed by atoms with Crippen LogP contribution in [-0.2, 0) is 6.42 Å². The molecule has 1 aliphatic carbocycles. The Hall–Kier alpha value is -2.28. The van der Waals surface area contributed by atoms with Gasteiger partial charge in [-0.3, -0.25) is 0 Å². The zero-order valence-electron chi connectivity index (χ0n) is 18.1. The molecule has 5 rings (SSSR count). The lowest BCUT2D eigenvalue weighted by molar-refractivity contribution is 0.122. The number of hydrogen-bond acceptors (Lipinski definition) is 6. The van der Waals surface area contributed by atoms with Crippen LogP contribution in [0.2, 0.25) is 5.02 Å². The predicted octanol–water partition coefficient (Wildman–Crippen LogP) is 4.42. The minimum Gasteiger partial charge on any atom is -0.474 e. The average molecular weight is 453 g/mol. The molecule has 3 heterocycles. The summed E-state index contributed by atoms with van der Waals surface area (Å²) in [7, 11) is 0. The molecule has 3 aromatic rings. The van der Waals surface area contributed by atoms with Crippen LogP contribution in [0, 0.1) is 0 Å². The van der Waals surface area contributed by atoms with Gasteiger partial charge in [-0.1, -0.05) is 23.7 Å². The van der Waals surface area contributed by atoms with Gasteiger partial charge in [-0.2, -0.15) is 0 Å². The Morgan fingerprint density at radius 2 is 1.84 bits per heavy atom. The maximum atomic E-state index is 9.97. The maximum absolute atomic E-state index is 9.97. The van der Waals surface area contributed by atoms with E-state index in [9.17, 15) is 5.11 Å². The molecule has 0 amide bonds. The number of pyridine rings is 1. The summed E-state index contributed by atoms with van der Waals surface area (Å²) in [4.78, 5) is 14.4. The molecule has 168 valence electrons. The van der Waals surface area contributed by atoms with Crippen molar-refractivity contribution in [1.29, 1.82) is 0 Å². The third-order valence-electron chi connectivity index (χ3n) is 6.62. The van der Waals surface area contributed by atoms with E-state index >= 15 is 0 Å². The summed E-state index contributed by atoms with van der Waals surface area (Å²) >= 11 is 6.17. The molecule has 1 saturated heterocycles. The fourth-order valence-electron chi connectivity index (χ4n) is 4.82. The highest BCUT2D eigenvalue weighted by molar-refractivity contribution is 6.30. The van der Waals surface area contributed by atoms with E-state index in [1.165, 1.54) is 0 Å². The van der Waals surface area contributed by atoms with E-state index in [1.54, 1.807) is 0 Å². The van der Waals surface area contributed by atoms with E-state index in [2.05, 4.69) is 10.3 Å². The van der Waals surface area contributed by atoms with Gasteiger partial charge < -0.3 is 15.2 Å². The number of hydrogen-bond donors (Lipinski definition) is 2. The normalized spacial score (nSPS) is 22.2. The molecule has 6 nitrogen and oxygen atoms in total. The molecule has 1 aliphatic heterocycles. The van der Waals surface area contributed by atoms with Gasteiger partial charge in [0.05, 0.1) is 17.0 Å². The number of nitrogens with zero attached hydrogens (tertiary/aromatic N) is 3. The van der Waals surface area contributed by atoms with E-state index in [0.717, 1.165) is 79.5 Å². The summed E-state index contributed by atoms with van der Waals surface area (Å²) in [6.45, 7) is 1.93. The van der Waals surface area contributed by atoms with Crippen LogP contribution in [0.1, 0.15) is 61.4 Å².